The van der Waals surface area contributed by atoms with Gasteiger partial charge < -0.3 is 14.2 Å². The van der Waals surface area contributed by atoms with Crippen molar-refractivity contribution in [3.8, 4) is 11.5 Å². The summed E-state index contributed by atoms with van der Waals surface area (Å²) in [7, 11) is 1.59. The minimum absolute atomic E-state index is 0.195. The van der Waals surface area contributed by atoms with Crippen LogP contribution in [0.5, 0.6) is 11.5 Å². The lowest BCUT2D eigenvalue weighted by Gasteiger charge is -2.06. The van der Waals surface area contributed by atoms with Gasteiger partial charge in [0.15, 0.2) is 6.61 Å². The van der Waals surface area contributed by atoms with Crippen molar-refractivity contribution in [2.45, 2.75) is 13.3 Å². The van der Waals surface area contributed by atoms with Crippen LogP contribution in [-0.2, 0) is 9.53 Å². The molecule has 0 aliphatic rings. The fourth-order valence-corrected chi connectivity index (χ4v) is 2.02. The fraction of sp³-hybridized carbons (Fsp3) is 0.250. The summed E-state index contributed by atoms with van der Waals surface area (Å²) < 4.78 is 15.5. The van der Waals surface area contributed by atoms with Crippen LogP contribution in [0.1, 0.15) is 29.3 Å². The number of carbonyl (C=O) groups excluding carboxylic acids is 2. The van der Waals surface area contributed by atoms with Crippen molar-refractivity contribution >= 4 is 18.1 Å². The van der Waals surface area contributed by atoms with Gasteiger partial charge in [0.05, 0.1) is 25.5 Å². The quantitative estimate of drug-likeness (QED) is 0.417. The summed E-state index contributed by atoms with van der Waals surface area (Å²) in [5.41, 5.74) is 3.64. The number of rotatable bonds is 9. The molecule has 0 fully saturated rings. The Morgan fingerprint density at radius 1 is 1.04 bits per heavy atom. The van der Waals surface area contributed by atoms with E-state index in [0.717, 1.165) is 17.7 Å². The van der Waals surface area contributed by atoms with Gasteiger partial charge in [0.2, 0.25) is 0 Å². The average Bonchev–Trinajstić information content (AvgIpc) is 2.71. The molecule has 1 amide bonds. The predicted molar refractivity (Wildman–Crippen MR) is 101 cm³/mol. The van der Waals surface area contributed by atoms with Crippen LogP contribution in [0.3, 0.4) is 0 Å². The molecule has 2 aromatic carbocycles. The van der Waals surface area contributed by atoms with Crippen molar-refractivity contribution in [3.63, 3.8) is 0 Å². The largest absolute Gasteiger partial charge is 0.497 e. The Morgan fingerprint density at radius 2 is 1.70 bits per heavy atom. The van der Waals surface area contributed by atoms with Crippen LogP contribution in [0, 0.1) is 0 Å². The summed E-state index contributed by atoms with van der Waals surface area (Å²) in [4.78, 5) is 23.5. The minimum Gasteiger partial charge on any atom is -0.497 e. The molecule has 0 atom stereocenters. The van der Waals surface area contributed by atoms with Gasteiger partial charge in [-0.25, -0.2) is 10.2 Å². The first-order valence-corrected chi connectivity index (χ1v) is 8.48. The molecule has 2 aromatic rings. The summed E-state index contributed by atoms with van der Waals surface area (Å²) in [6.45, 7) is 2.12. The summed E-state index contributed by atoms with van der Waals surface area (Å²) in [5, 5.41) is 3.87. The van der Waals surface area contributed by atoms with E-state index in [2.05, 4.69) is 10.5 Å². The molecular weight excluding hydrogens is 348 g/mol. The monoisotopic (exact) mass is 370 g/mol. The molecule has 0 unspecified atom stereocenters. The Labute approximate surface area is 157 Å². The fourth-order valence-electron chi connectivity index (χ4n) is 2.02. The van der Waals surface area contributed by atoms with E-state index in [1.165, 1.54) is 6.21 Å². The third-order valence-electron chi connectivity index (χ3n) is 3.42. The summed E-state index contributed by atoms with van der Waals surface area (Å²) in [6.07, 6.45) is 2.29. The highest BCUT2D eigenvalue weighted by Gasteiger charge is 2.07. The molecular formula is C20H22N2O5. The average molecular weight is 370 g/mol. The summed E-state index contributed by atoms with van der Waals surface area (Å²) in [5.74, 6) is 0.436. The lowest BCUT2D eigenvalue weighted by molar-refractivity contribution is -0.123. The highest BCUT2D eigenvalue weighted by atomic mass is 16.5. The van der Waals surface area contributed by atoms with Crippen LogP contribution >= 0.6 is 0 Å². The molecule has 0 aliphatic heterocycles. The number of hydrazone groups is 1. The topological polar surface area (TPSA) is 86.2 Å². The molecule has 0 saturated heterocycles. The molecule has 0 heterocycles. The van der Waals surface area contributed by atoms with Crippen LogP contribution in [-0.4, -0.2) is 38.4 Å². The van der Waals surface area contributed by atoms with E-state index in [-0.39, 0.29) is 12.6 Å². The van der Waals surface area contributed by atoms with Crippen molar-refractivity contribution in [2.75, 3.05) is 20.3 Å². The molecule has 0 saturated carbocycles. The van der Waals surface area contributed by atoms with Gasteiger partial charge in [-0.1, -0.05) is 6.92 Å². The second kappa shape index (κ2) is 10.6. The van der Waals surface area contributed by atoms with Gasteiger partial charge >= 0.3 is 5.97 Å². The molecule has 1 N–H and O–H groups in total. The van der Waals surface area contributed by atoms with E-state index in [4.69, 9.17) is 14.2 Å². The van der Waals surface area contributed by atoms with Gasteiger partial charge in [-0.3, -0.25) is 4.79 Å². The van der Waals surface area contributed by atoms with Crippen LogP contribution in [0.4, 0.5) is 0 Å². The van der Waals surface area contributed by atoms with E-state index in [1.807, 2.05) is 19.1 Å². The van der Waals surface area contributed by atoms with E-state index in [9.17, 15) is 9.59 Å². The third kappa shape index (κ3) is 6.81. The minimum atomic E-state index is -0.397. The maximum atomic E-state index is 11.8. The SMILES string of the molecule is CCCOC(=O)c1ccc(OCC(=O)NN=Cc2ccc(OC)cc2)cc1. The second-order valence-corrected chi connectivity index (χ2v) is 5.52. The maximum absolute atomic E-state index is 11.8. The molecule has 142 valence electrons. The zero-order valence-electron chi connectivity index (χ0n) is 15.3. The lowest BCUT2D eigenvalue weighted by Crippen LogP contribution is -2.24. The normalized spacial score (nSPS) is 10.4. The zero-order valence-corrected chi connectivity index (χ0v) is 15.3. The summed E-state index contributed by atoms with van der Waals surface area (Å²) >= 11 is 0. The first-order valence-electron chi connectivity index (χ1n) is 8.48. The van der Waals surface area contributed by atoms with Crippen molar-refractivity contribution in [1.82, 2.24) is 5.43 Å². The first-order chi connectivity index (χ1) is 13.1. The summed E-state index contributed by atoms with van der Waals surface area (Å²) in [6, 6.07) is 13.6. The molecule has 0 aliphatic carbocycles. The van der Waals surface area contributed by atoms with E-state index in [0.29, 0.717) is 17.9 Å². The number of nitrogens with zero attached hydrogens (tertiary/aromatic N) is 1. The number of methoxy groups -OCH3 is 1. The Morgan fingerprint density at radius 3 is 2.33 bits per heavy atom. The number of esters is 1. The smallest absolute Gasteiger partial charge is 0.338 e. The van der Waals surface area contributed by atoms with Gasteiger partial charge in [0.25, 0.3) is 5.91 Å². The van der Waals surface area contributed by atoms with Crippen LogP contribution < -0.4 is 14.9 Å². The predicted octanol–water partition coefficient (Wildman–Crippen LogP) is 2.79. The van der Waals surface area contributed by atoms with Crippen LogP contribution in [0.25, 0.3) is 0 Å². The van der Waals surface area contributed by atoms with Crippen molar-refractivity contribution < 1.29 is 23.8 Å². The highest BCUT2D eigenvalue weighted by Crippen LogP contribution is 2.13. The third-order valence-corrected chi connectivity index (χ3v) is 3.42. The van der Waals surface area contributed by atoms with Crippen molar-refractivity contribution in [3.05, 3.63) is 59.7 Å². The number of benzene rings is 2. The van der Waals surface area contributed by atoms with Crippen molar-refractivity contribution in [1.29, 1.82) is 0 Å². The number of nitrogens with one attached hydrogen (secondary N) is 1. The van der Waals surface area contributed by atoms with E-state index >= 15 is 0 Å². The Kier molecular flexibility index (Phi) is 7.84. The molecule has 0 aromatic heterocycles. The van der Waals surface area contributed by atoms with Gasteiger partial charge in [0.1, 0.15) is 11.5 Å². The molecule has 0 radical (unpaired) electrons. The van der Waals surface area contributed by atoms with Gasteiger partial charge in [-0.15, -0.1) is 0 Å². The molecule has 7 nitrogen and oxygen atoms in total. The molecule has 0 bridgehead atoms. The number of amides is 1. The molecule has 0 spiro atoms. The second-order valence-electron chi connectivity index (χ2n) is 5.52. The van der Waals surface area contributed by atoms with Crippen molar-refractivity contribution in [2.24, 2.45) is 5.10 Å². The number of hydrogen-bond donors (Lipinski definition) is 1. The highest BCUT2D eigenvalue weighted by molar-refractivity contribution is 5.89. The van der Waals surface area contributed by atoms with E-state index in [1.54, 1.807) is 43.5 Å². The van der Waals surface area contributed by atoms with Crippen LogP contribution in [0.15, 0.2) is 53.6 Å². The Bertz CT molecular complexity index is 770. The standard InChI is InChI=1S/C20H22N2O5/c1-3-12-26-20(24)16-6-10-18(11-7-16)27-14-19(23)22-21-13-15-4-8-17(25-2)9-5-15/h4-11,13H,3,12,14H2,1-2H3,(H,22,23). The van der Waals surface area contributed by atoms with Gasteiger partial charge in [-0.05, 0) is 60.5 Å². The van der Waals surface area contributed by atoms with Crippen LogP contribution in [0.2, 0.25) is 0 Å². The number of carbonyl (C=O) groups is 2. The molecule has 2 rings (SSSR count). The molecule has 7 heteroatoms. The van der Waals surface area contributed by atoms with E-state index < -0.39 is 5.91 Å². The Hall–Kier alpha value is -3.35. The first kappa shape index (κ1) is 20.0. The lowest BCUT2D eigenvalue weighted by atomic mass is 10.2. The number of ether oxygens (including phenoxy) is 3. The van der Waals surface area contributed by atoms with Gasteiger partial charge in [-0.2, -0.15) is 5.10 Å². The Balaban J connectivity index is 1.76. The zero-order chi connectivity index (χ0) is 19.5. The molecule has 27 heavy (non-hydrogen) atoms. The number of hydrogen-bond acceptors (Lipinski definition) is 6. The maximum Gasteiger partial charge on any atom is 0.338 e. The van der Waals surface area contributed by atoms with Gasteiger partial charge in [0, 0.05) is 0 Å².